The van der Waals surface area contributed by atoms with Gasteiger partial charge in [-0.25, -0.2) is 4.98 Å². The standard InChI is InChI=1S/C21H26N8O6S3/c1-4-35-27-13(10-6-36-19(23)24-10)15(30)26-14-16(31)29-7-21(18(32)33,8-37-17(14)29)9-38-20-25-11(22)5-12(34-3)28(20)2/h5-6,14,17,22H,4,7-9H2,1-3H3,(H4,23,24,26,30,32,33)/p+1/t14?,17-,21?/m1/s1. The van der Waals surface area contributed by atoms with Crippen molar-refractivity contribution in [2.75, 3.05) is 43.2 Å². The minimum absolute atomic E-state index is 0.0100. The first kappa shape index (κ1) is 27.7. The van der Waals surface area contributed by atoms with Gasteiger partial charge in [-0.05, 0) is 23.7 Å². The van der Waals surface area contributed by atoms with Gasteiger partial charge in [0.2, 0.25) is 11.7 Å². The highest BCUT2D eigenvalue weighted by Gasteiger charge is 2.57. The van der Waals surface area contributed by atoms with Crippen LogP contribution in [0.3, 0.4) is 0 Å². The zero-order valence-electron chi connectivity index (χ0n) is 20.7. The van der Waals surface area contributed by atoms with Crippen LogP contribution in [0.15, 0.2) is 21.8 Å². The zero-order chi connectivity index (χ0) is 27.6. The second kappa shape index (κ2) is 11.2. The normalized spacial score (nSPS) is 22.9. The molecule has 2 saturated heterocycles. The molecular weight excluding hydrogens is 556 g/mol. The quantitative estimate of drug-likeness (QED) is 0.0702. The largest absolute Gasteiger partial charge is 0.481 e. The van der Waals surface area contributed by atoms with Gasteiger partial charge in [-0.15, -0.1) is 23.1 Å². The summed E-state index contributed by atoms with van der Waals surface area (Å²) in [6.45, 7) is 1.94. The van der Waals surface area contributed by atoms with E-state index in [1.807, 2.05) is 0 Å². The lowest BCUT2D eigenvalue weighted by Crippen LogP contribution is -2.74. The fourth-order valence-electron chi connectivity index (χ4n) is 3.91. The lowest BCUT2D eigenvalue weighted by atomic mass is 9.89. The molecule has 2 fully saturated rings. The Balaban J connectivity index is 1.45. The third kappa shape index (κ3) is 5.30. The molecule has 17 heteroatoms. The highest BCUT2D eigenvalue weighted by atomic mass is 32.2. The molecule has 0 saturated carbocycles. The summed E-state index contributed by atoms with van der Waals surface area (Å²) in [6.07, 6.45) is 0. The number of carbonyl (C=O) groups is 3. The summed E-state index contributed by atoms with van der Waals surface area (Å²) >= 11 is 3.66. The maximum Gasteiger partial charge on any atom is 0.364 e. The number of anilines is 2. The number of amides is 2. The van der Waals surface area contributed by atoms with Crippen LogP contribution in [0, 0.1) is 5.41 Å². The number of hydrogen-bond acceptors (Lipinski definition) is 13. The highest BCUT2D eigenvalue weighted by Crippen LogP contribution is 2.44. The Morgan fingerprint density at radius 1 is 1.42 bits per heavy atom. The first-order valence-corrected chi connectivity index (χ1v) is 14.2. The van der Waals surface area contributed by atoms with E-state index in [-0.39, 0.29) is 52.9 Å². The summed E-state index contributed by atoms with van der Waals surface area (Å²) in [5.41, 5.74) is 10.5. The van der Waals surface area contributed by atoms with Gasteiger partial charge in [-0.1, -0.05) is 5.16 Å². The Bertz CT molecular complexity index is 1290. The number of nitrogens with zero attached hydrogens (tertiary/aromatic N) is 5. The summed E-state index contributed by atoms with van der Waals surface area (Å²) in [7, 11) is 3.24. The number of aliphatic carboxylic acids is 1. The molecule has 0 spiro atoms. The van der Waals surface area contributed by atoms with Crippen LogP contribution in [0.2, 0.25) is 0 Å². The average molecular weight is 584 g/mol. The molecule has 2 amide bonds. The van der Waals surface area contributed by atoms with E-state index in [0.717, 1.165) is 11.3 Å². The number of rotatable bonds is 10. The number of carbonyl (C=O) groups excluding carboxylic acids is 2. The lowest BCUT2D eigenvalue weighted by Gasteiger charge is -2.53. The van der Waals surface area contributed by atoms with Gasteiger partial charge in [0.25, 0.3) is 11.8 Å². The van der Waals surface area contributed by atoms with Gasteiger partial charge in [0.05, 0.1) is 20.2 Å². The van der Waals surface area contributed by atoms with Crippen LogP contribution in [-0.4, -0.2) is 86.7 Å². The molecule has 2 aliphatic rings. The molecule has 2 aromatic heterocycles. The Morgan fingerprint density at radius 2 is 2.18 bits per heavy atom. The number of carboxylic acids is 1. The number of ether oxygens (including phenoxy) is 1. The third-order valence-corrected chi connectivity index (χ3v) is 9.53. The number of aromatic nitrogens is 3. The summed E-state index contributed by atoms with van der Waals surface area (Å²) < 4.78 is 6.97. The van der Waals surface area contributed by atoms with Gasteiger partial charge in [-0.3, -0.25) is 14.4 Å². The molecule has 0 radical (unpaired) electrons. The second-order valence-electron chi connectivity index (χ2n) is 8.49. The number of thiazole rings is 1. The van der Waals surface area contributed by atoms with E-state index < -0.39 is 28.7 Å². The van der Waals surface area contributed by atoms with Crippen molar-refractivity contribution in [1.29, 1.82) is 0 Å². The minimum atomic E-state index is -1.23. The van der Waals surface area contributed by atoms with Crippen LogP contribution in [0.5, 0.6) is 5.88 Å². The number of fused-ring (bicyclic) bond motifs is 1. The molecule has 6 N–H and O–H groups in total. The number of nitrogens with one attached hydrogen (secondary N) is 1. The van der Waals surface area contributed by atoms with Gasteiger partial charge in [0, 0.05) is 23.4 Å². The molecule has 2 aromatic rings. The van der Waals surface area contributed by atoms with E-state index in [2.05, 4.69) is 20.4 Å². The van der Waals surface area contributed by atoms with Crippen LogP contribution >= 0.6 is 34.9 Å². The molecule has 2 unspecified atom stereocenters. The topological polar surface area (TPSA) is 199 Å². The van der Waals surface area contributed by atoms with Gasteiger partial charge in [-0.2, -0.15) is 4.57 Å². The monoisotopic (exact) mass is 583 g/mol. The van der Waals surface area contributed by atoms with Crippen LogP contribution in [0.4, 0.5) is 10.9 Å². The van der Waals surface area contributed by atoms with Crippen molar-refractivity contribution in [1.82, 2.24) is 20.2 Å². The molecule has 2 aliphatic heterocycles. The SMILES string of the molecule is CCON=C(C(=O)NC1C(=O)N2CC(CSc3nc(N)cc(OC)[n+]3C)(C(=O)O)CS[C@H]12)c1csc(N)n1. The van der Waals surface area contributed by atoms with Crippen molar-refractivity contribution >= 4 is 69.3 Å². The van der Waals surface area contributed by atoms with Crippen molar-refractivity contribution in [3.05, 3.63) is 17.1 Å². The predicted octanol–water partition coefficient (Wildman–Crippen LogP) is -0.461. The number of carboxylic acid groups (broad SMARTS) is 1. The summed E-state index contributed by atoms with van der Waals surface area (Å²) in [5, 5.41) is 18.6. The number of thioether (sulfide) groups is 2. The number of β-lactam (4-membered cyclic amide) rings is 1. The van der Waals surface area contributed by atoms with Gasteiger partial charge in [0.1, 0.15) is 29.1 Å². The van der Waals surface area contributed by atoms with E-state index >= 15 is 0 Å². The number of nitrogens with two attached hydrogens (primary N) is 2. The van der Waals surface area contributed by atoms with E-state index in [1.54, 1.807) is 30.0 Å². The first-order chi connectivity index (χ1) is 18.1. The Hall–Kier alpha value is -3.31. The summed E-state index contributed by atoms with van der Waals surface area (Å²) in [4.78, 5) is 53.3. The van der Waals surface area contributed by atoms with Crippen molar-refractivity contribution in [3.63, 3.8) is 0 Å². The molecule has 4 rings (SSSR count). The van der Waals surface area contributed by atoms with Gasteiger partial charge >= 0.3 is 11.1 Å². The molecule has 4 heterocycles. The fourth-order valence-corrected chi connectivity index (χ4v) is 7.30. The average Bonchev–Trinajstić information content (AvgIpc) is 3.33. The number of hydrogen-bond donors (Lipinski definition) is 4. The van der Waals surface area contributed by atoms with Crippen LogP contribution in [-0.2, 0) is 26.3 Å². The maximum atomic E-state index is 13.0. The fraction of sp³-hybridized carbons (Fsp3) is 0.476. The third-order valence-electron chi connectivity index (χ3n) is 5.95. The van der Waals surface area contributed by atoms with E-state index in [9.17, 15) is 19.5 Å². The van der Waals surface area contributed by atoms with Crippen molar-refractivity contribution < 1.29 is 33.6 Å². The smallest absolute Gasteiger partial charge is 0.364 e. The summed E-state index contributed by atoms with van der Waals surface area (Å²) in [5.74, 6) is -0.951. The van der Waals surface area contributed by atoms with E-state index in [4.69, 9.17) is 21.0 Å². The van der Waals surface area contributed by atoms with Crippen LogP contribution < -0.4 is 26.1 Å². The summed E-state index contributed by atoms with van der Waals surface area (Å²) in [6, 6.07) is 0.728. The molecule has 38 heavy (non-hydrogen) atoms. The lowest BCUT2D eigenvalue weighted by molar-refractivity contribution is -0.717. The number of methoxy groups -OCH3 is 1. The minimum Gasteiger partial charge on any atom is -0.481 e. The van der Waals surface area contributed by atoms with E-state index in [0.29, 0.717) is 11.0 Å². The number of nitrogen functional groups attached to an aromatic ring is 2. The molecule has 3 atom stereocenters. The Morgan fingerprint density at radius 3 is 2.82 bits per heavy atom. The van der Waals surface area contributed by atoms with Gasteiger partial charge < -0.3 is 36.4 Å². The highest BCUT2D eigenvalue weighted by molar-refractivity contribution is 8.00. The number of oxime groups is 1. The molecule has 204 valence electrons. The van der Waals surface area contributed by atoms with Crippen molar-refractivity contribution in [2.45, 2.75) is 23.5 Å². The maximum absolute atomic E-state index is 13.0. The molecule has 0 bridgehead atoms. The van der Waals surface area contributed by atoms with Crippen LogP contribution in [0.1, 0.15) is 12.6 Å². The first-order valence-electron chi connectivity index (χ1n) is 11.3. The van der Waals surface area contributed by atoms with Crippen molar-refractivity contribution in [3.8, 4) is 5.88 Å². The molecule has 0 aliphatic carbocycles. The van der Waals surface area contributed by atoms with Crippen LogP contribution in [0.25, 0.3) is 0 Å². The predicted molar refractivity (Wildman–Crippen MR) is 142 cm³/mol. The molecule has 14 nitrogen and oxygen atoms in total. The zero-order valence-corrected chi connectivity index (χ0v) is 23.2. The van der Waals surface area contributed by atoms with Crippen molar-refractivity contribution in [2.24, 2.45) is 17.6 Å². The molecular formula is C21H27N8O6S3+. The molecule has 0 aromatic carbocycles. The van der Waals surface area contributed by atoms with Gasteiger partial charge in [0.15, 0.2) is 10.8 Å². The Kier molecular flexibility index (Phi) is 8.17. The Labute approximate surface area is 230 Å². The second-order valence-corrected chi connectivity index (χ2v) is 11.4. The van der Waals surface area contributed by atoms with E-state index in [1.165, 1.54) is 35.5 Å².